The van der Waals surface area contributed by atoms with Gasteiger partial charge in [0, 0.05) is 6.54 Å². The molecule has 0 bridgehead atoms. The quantitative estimate of drug-likeness (QED) is 0.808. The Kier molecular flexibility index (Phi) is 5.97. The highest BCUT2D eigenvalue weighted by atomic mass is 16.5. The average molecular weight is 287 g/mol. The first-order valence-electron chi connectivity index (χ1n) is 7.24. The number of hydrogen-bond donors (Lipinski definition) is 1. The molecule has 0 saturated heterocycles. The molecule has 0 fully saturated rings. The number of ether oxygens (including phenoxy) is 2. The monoisotopic (exact) mass is 287 g/mol. The van der Waals surface area contributed by atoms with E-state index in [9.17, 15) is 0 Å². The van der Waals surface area contributed by atoms with Crippen molar-refractivity contribution in [1.82, 2.24) is 15.3 Å². The first-order chi connectivity index (χ1) is 10.3. The number of para-hydroxylation sites is 2. The summed E-state index contributed by atoms with van der Waals surface area (Å²) in [6.45, 7) is 6.39. The summed E-state index contributed by atoms with van der Waals surface area (Å²) >= 11 is 0. The van der Waals surface area contributed by atoms with Crippen LogP contribution in [0.15, 0.2) is 36.7 Å². The third-order valence-corrected chi connectivity index (χ3v) is 2.76. The zero-order valence-electron chi connectivity index (χ0n) is 12.5. The molecule has 1 heterocycles. The predicted molar refractivity (Wildman–Crippen MR) is 81.7 cm³/mol. The highest BCUT2D eigenvalue weighted by Gasteiger charge is 2.06. The van der Waals surface area contributed by atoms with E-state index in [2.05, 4.69) is 29.1 Å². The van der Waals surface area contributed by atoms with Gasteiger partial charge in [-0.05, 0) is 25.1 Å². The van der Waals surface area contributed by atoms with Crippen LogP contribution in [-0.2, 0) is 6.54 Å². The molecular weight excluding hydrogens is 266 g/mol. The van der Waals surface area contributed by atoms with Crippen molar-refractivity contribution in [2.45, 2.75) is 26.8 Å². The molecule has 112 valence electrons. The molecule has 1 N–H and O–H groups in total. The van der Waals surface area contributed by atoms with Crippen LogP contribution in [0.25, 0.3) is 0 Å². The molecule has 1 aromatic heterocycles. The lowest BCUT2D eigenvalue weighted by Crippen LogP contribution is -2.13. The molecule has 0 unspecified atom stereocenters. The second-order valence-electron chi connectivity index (χ2n) is 4.52. The van der Waals surface area contributed by atoms with Crippen LogP contribution in [0, 0.1) is 0 Å². The summed E-state index contributed by atoms with van der Waals surface area (Å²) in [5.74, 6) is 1.83. The van der Waals surface area contributed by atoms with Crippen molar-refractivity contribution in [1.29, 1.82) is 0 Å². The van der Waals surface area contributed by atoms with Crippen molar-refractivity contribution in [2.24, 2.45) is 0 Å². The SMILES string of the molecule is CCCOc1ccccc1Oc1cnc(CNCC)cn1. The Bertz CT molecular complexity index is 543. The summed E-state index contributed by atoms with van der Waals surface area (Å²) < 4.78 is 11.4. The molecule has 0 aliphatic rings. The summed E-state index contributed by atoms with van der Waals surface area (Å²) in [4.78, 5) is 8.58. The van der Waals surface area contributed by atoms with Gasteiger partial charge in [-0.1, -0.05) is 26.0 Å². The lowest BCUT2D eigenvalue weighted by molar-refractivity contribution is 0.300. The number of benzene rings is 1. The van der Waals surface area contributed by atoms with Crippen molar-refractivity contribution in [3.05, 3.63) is 42.4 Å². The molecule has 1 aromatic carbocycles. The van der Waals surface area contributed by atoms with Gasteiger partial charge < -0.3 is 14.8 Å². The maximum atomic E-state index is 5.75. The molecular formula is C16H21N3O2. The molecule has 21 heavy (non-hydrogen) atoms. The van der Waals surface area contributed by atoms with Gasteiger partial charge in [-0.2, -0.15) is 0 Å². The fourth-order valence-corrected chi connectivity index (χ4v) is 1.72. The molecule has 5 nitrogen and oxygen atoms in total. The van der Waals surface area contributed by atoms with Crippen LogP contribution in [0.5, 0.6) is 17.4 Å². The third kappa shape index (κ3) is 4.72. The van der Waals surface area contributed by atoms with E-state index in [1.807, 2.05) is 24.3 Å². The maximum absolute atomic E-state index is 5.75. The highest BCUT2D eigenvalue weighted by Crippen LogP contribution is 2.30. The van der Waals surface area contributed by atoms with Gasteiger partial charge in [0.1, 0.15) is 0 Å². The topological polar surface area (TPSA) is 56.3 Å². The molecule has 2 aromatic rings. The fraction of sp³-hybridized carbons (Fsp3) is 0.375. The number of hydrogen-bond acceptors (Lipinski definition) is 5. The smallest absolute Gasteiger partial charge is 0.238 e. The van der Waals surface area contributed by atoms with E-state index in [-0.39, 0.29) is 0 Å². The van der Waals surface area contributed by atoms with Crippen molar-refractivity contribution in [2.75, 3.05) is 13.2 Å². The van der Waals surface area contributed by atoms with Gasteiger partial charge in [-0.3, -0.25) is 4.98 Å². The predicted octanol–water partition coefficient (Wildman–Crippen LogP) is 3.17. The van der Waals surface area contributed by atoms with Gasteiger partial charge in [0.15, 0.2) is 11.5 Å². The van der Waals surface area contributed by atoms with E-state index in [0.29, 0.717) is 24.8 Å². The second kappa shape index (κ2) is 8.21. The number of nitrogens with zero attached hydrogens (tertiary/aromatic N) is 2. The minimum absolute atomic E-state index is 0.461. The van der Waals surface area contributed by atoms with Gasteiger partial charge in [-0.15, -0.1) is 0 Å². The van der Waals surface area contributed by atoms with Crippen molar-refractivity contribution < 1.29 is 9.47 Å². The summed E-state index contributed by atoms with van der Waals surface area (Å²) in [5, 5.41) is 3.20. The van der Waals surface area contributed by atoms with Crippen molar-refractivity contribution >= 4 is 0 Å². The molecule has 0 aliphatic heterocycles. The zero-order chi connectivity index (χ0) is 14.9. The molecule has 2 rings (SSSR count). The largest absolute Gasteiger partial charge is 0.490 e. The molecule has 0 amide bonds. The number of aromatic nitrogens is 2. The Balaban J connectivity index is 2.04. The van der Waals surface area contributed by atoms with Crippen LogP contribution in [0.4, 0.5) is 0 Å². The summed E-state index contributed by atoms with van der Waals surface area (Å²) in [6, 6.07) is 7.57. The highest BCUT2D eigenvalue weighted by molar-refractivity contribution is 5.41. The van der Waals surface area contributed by atoms with Gasteiger partial charge in [0.25, 0.3) is 0 Å². The van der Waals surface area contributed by atoms with E-state index < -0.39 is 0 Å². The third-order valence-electron chi connectivity index (χ3n) is 2.76. The van der Waals surface area contributed by atoms with Gasteiger partial charge in [0.2, 0.25) is 5.88 Å². The normalized spacial score (nSPS) is 10.4. The lowest BCUT2D eigenvalue weighted by atomic mass is 10.3. The Morgan fingerprint density at radius 2 is 1.86 bits per heavy atom. The standard InChI is InChI=1S/C16H21N3O2/c1-3-9-20-14-7-5-6-8-15(14)21-16-12-18-13(11-19-16)10-17-4-2/h5-8,11-12,17H,3-4,9-10H2,1-2H3. The number of rotatable bonds is 8. The molecule has 0 spiro atoms. The van der Waals surface area contributed by atoms with Crippen LogP contribution in [0.3, 0.4) is 0 Å². The molecule has 0 radical (unpaired) electrons. The number of nitrogens with one attached hydrogen (secondary N) is 1. The van der Waals surface area contributed by atoms with Crippen LogP contribution < -0.4 is 14.8 Å². The lowest BCUT2D eigenvalue weighted by Gasteiger charge is -2.11. The first-order valence-corrected chi connectivity index (χ1v) is 7.24. The van der Waals surface area contributed by atoms with Crippen molar-refractivity contribution in [3.63, 3.8) is 0 Å². The molecule has 0 saturated carbocycles. The summed E-state index contributed by atoms with van der Waals surface area (Å²) in [5.41, 5.74) is 0.889. The van der Waals surface area contributed by atoms with Gasteiger partial charge in [0.05, 0.1) is 24.7 Å². The van der Waals surface area contributed by atoms with Crippen LogP contribution in [0.1, 0.15) is 26.0 Å². The molecule has 0 atom stereocenters. The maximum Gasteiger partial charge on any atom is 0.238 e. The molecule has 0 aliphatic carbocycles. The van der Waals surface area contributed by atoms with Crippen LogP contribution >= 0.6 is 0 Å². The van der Waals surface area contributed by atoms with Gasteiger partial charge in [-0.25, -0.2) is 4.98 Å². The van der Waals surface area contributed by atoms with E-state index in [4.69, 9.17) is 9.47 Å². The van der Waals surface area contributed by atoms with E-state index in [0.717, 1.165) is 24.4 Å². The van der Waals surface area contributed by atoms with Crippen molar-refractivity contribution in [3.8, 4) is 17.4 Å². The summed E-state index contributed by atoms with van der Waals surface area (Å²) in [6.07, 6.45) is 4.30. The van der Waals surface area contributed by atoms with Crippen LogP contribution in [-0.4, -0.2) is 23.1 Å². The molecule has 5 heteroatoms. The van der Waals surface area contributed by atoms with E-state index >= 15 is 0 Å². The van der Waals surface area contributed by atoms with Gasteiger partial charge >= 0.3 is 0 Å². The Morgan fingerprint density at radius 3 is 2.52 bits per heavy atom. The Labute approximate surface area is 125 Å². The van der Waals surface area contributed by atoms with E-state index in [1.165, 1.54) is 0 Å². The minimum atomic E-state index is 0.461. The second-order valence-corrected chi connectivity index (χ2v) is 4.52. The zero-order valence-corrected chi connectivity index (χ0v) is 12.5. The van der Waals surface area contributed by atoms with E-state index in [1.54, 1.807) is 12.4 Å². The average Bonchev–Trinajstić information content (AvgIpc) is 2.53. The first kappa shape index (κ1) is 15.3. The Hall–Kier alpha value is -2.14. The van der Waals surface area contributed by atoms with Crippen LogP contribution in [0.2, 0.25) is 0 Å². The minimum Gasteiger partial charge on any atom is -0.490 e. The summed E-state index contributed by atoms with van der Waals surface area (Å²) in [7, 11) is 0. The Morgan fingerprint density at radius 1 is 1.05 bits per heavy atom. The fourth-order valence-electron chi connectivity index (χ4n) is 1.72.